The van der Waals surface area contributed by atoms with Crippen molar-refractivity contribution >= 4 is 10.8 Å². The van der Waals surface area contributed by atoms with Crippen LogP contribution in [-0.4, -0.2) is 19.9 Å². The lowest BCUT2D eigenvalue weighted by molar-refractivity contribution is 1.07. The Bertz CT molecular complexity index is 3160. The highest BCUT2D eigenvalue weighted by molar-refractivity contribution is 5.95. The van der Waals surface area contributed by atoms with E-state index in [-0.39, 0.29) is 0 Å². The van der Waals surface area contributed by atoms with E-state index in [0.29, 0.717) is 17.5 Å². The normalized spacial score (nSPS) is 11.1. The van der Waals surface area contributed by atoms with E-state index in [2.05, 4.69) is 212 Å². The lowest BCUT2D eigenvalue weighted by Gasteiger charge is -2.14. The van der Waals surface area contributed by atoms with Gasteiger partial charge >= 0.3 is 0 Å². The molecule has 2 aromatic heterocycles. The van der Waals surface area contributed by atoms with Gasteiger partial charge in [-0.05, 0) is 116 Å². The van der Waals surface area contributed by atoms with Gasteiger partial charge in [0.2, 0.25) is 0 Å². The van der Waals surface area contributed by atoms with Crippen LogP contribution in [0.1, 0.15) is 0 Å². The maximum absolute atomic E-state index is 5.36. The van der Waals surface area contributed by atoms with Gasteiger partial charge in [-0.2, -0.15) is 0 Å². The second-order valence-corrected chi connectivity index (χ2v) is 15.9. The van der Waals surface area contributed by atoms with Crippen LogP contribution < -0.4 is 0 Å². The van der Waals surface area contributed by atoms with E-state index in [1.165, 1.54) is 0 Å². The third-order valence-electron chi connectivity index (χ3n) is 11.7. The Balaban J connectivity index is 1.10. The molecule has 0 spiro atoms. The molecule has 4 heteroatoms. The number of hydrogen-bond acceptors (Lipinski definition) is 4. The molecule has 0 amide bonds. The second-order valence-electron chi connectivity index (χ2n) is 15.9. The zero-order valence-corrected chi connectivity index (χ0v) is 34.9. The maximum atomic E-state index is 5.36. The molecule has 0 saturated carbocycles. The van der Waals surface area contributed by atoms with Crippen molar-refractivity contribution in [3.63, 3.8) is 0 Å². The van der Waals surface area contributed by atoms with Crippen LogP contribution in [-0.2, 0) is 0 Å². The minimum atomic E-state index is 0.589. The molecular formula is C60H40N4. The number of benzene rings is 9. The Hall–Kier alpha value is -8.60. The average Bonchev–Trinajstić information content (AvgIpc) is 3.39. The standard InChI is InChI=1S/C60H40N4/c1-5-17-41(18-6-1)50-35-51(42-19-7-2-8-20-42)38-54(37-50)59-62-58(63-60(64-59)55-39-52(43-21-9-3-10-22-43)36-53(40-55)44-23-11-4-12-24-44)49-29-16-27-47(34-49)46-26-15-28-48(33-46)57-56-30-14-13-25-45(56)31-32-61-57/h1-40H. The molecule has 11 aromatic rings. The summed E-state index contributed by atoms with van der Waals surface area (Å²) in [6, 6.07) is 82.9. The fourth-order valence-corrected chi connectivity index (χ4v) is 8.50. The molecule has 0 atom stereocenters. The van der Waals surface area contributed by atoms with Gasteiger partial charge in [0.05, 0.1) is 5.69 Å². The minimum Gasteiger partial charge on any atom is -0.256 e. The zero-order valence-electron chi connectivity index (χ0n) is 34.9. The van der Waals surface area contributed by atoms with Gasteiger partial charge in [0, 0.05) is 33.8 Å². The molecular weight excluding hydrogens is 777 g/mol. The Morgan fingerprint density at radius 1 is 0.219 bits per heavy atom. The van der Waals surface area contributed by atoms with Gasteiger partial charge < -0.3 is 0 Å². The predicted octanol–water partition coefficient (Wildman–Crippen LogP) is 15.4. The van der Waals surface area contributed by atoms with Gasteiger partial charge in [0.15, 0.2) is 17.5 Å². The zero-order chi connectivity index (χ0) is 42.7. The highest BCUT2D eigenvalue weighted by Crippen LogP contribution is 2.37. The third-order valence-corrected chi connectivity index (χ3v) is 11.7. The molecule has 0 aliphatic carbocycles. The minimum absolute atomic E-state index is 0.589. The van der Waals surface area contributed by atoms with E-state index in [1.54, 1.807) is 0 Å². The van der Waals surface area contributed by atoms with Crippen LogP contribution in [0.2, 0.25) is 0 Å². The molecule has 4 nitrogen and oxygen atoms in total. The van der Waals surface area contributed by atoms with Gasteiger partial charge in [-0.1, -0.05) is 182 Å². The van der Waals surface area contributed by atoms with E-state index in [9.17, 15) is 0 Å². The molecule has 64 heavy (non-hydrogen) atoms. The van der Waals surface area contributed by atoms with Crippen molar-refractivity contribution in [2.24, 2.45) is 0 Å². The number of nitrogens with zero attached hydrogens (tertiary/aromatic N) is 4. The Morgan fingerprint density at radius 2 is 0.547 bits per heavy atom. The van der Waals surface area contributed by atoms with E-state index in [1.807, 2.05) is 30.5 Å². The van der Waals surface area contributed by atoms with Gasteiger partial charge in [0.1, 0.15) is 0 Å². The van der Waals surface area contributed by atoms with Crippen LogP contribution in [0.5, 0.6) is 0 Å². The van der Waals surface area contributed by atoms with Gasteiger partial charge in [0.25, 0.3) is 0 Å². The number of hydrogen-bond donors (Lipinski definition) is 0. The summed E-state index contributed by atoms with van der Waals surface area (Å²) >= 11 is 0. The molecule has 0 N–H and O–H groups in total. The second kappa shape index (κ2) is 17.0. The summed E-state index contributed by atoms with van der Waals surface area (Å²) in [6.45, 7) is 0. The van der Waals surface area contributed by atoms with E-state index < -0.39 is 0 Å². The fourth-order valence-electron chi connectivity index (χ4n) is 8.50. The molecule has 0 saturated heterocycles. The maximum Gasteiger partial charge on any atom is 0.164 e. The summed E-state index contributed by atoms with van der Waals surface area (Å²) in [5.74, 6) is 1.78. The predicted molar refractivity (Wildman–Crippen MR) is 264 cm³/mol. The van der Waals surface area contributed by atoms with Crippen LogP contribution in [0, 0.1) is 0 Å². The molecule has 0 unspecified atom stereocenters. The molecule has 0 aliphatic rings. The average molecular weight is 817 g/mol. The Labute approximate surface area is 373 Å². The summed E-state index contributed by atoms with van der Waals surface area (Å²) in [6.07, 6.45) is 1.89. The first-order valence-corrected chi connectivity index (χ1v) is 21.5. The smallest absolute Gasteiger partial charge is 0.164 e. The first kappa shape index (κ1) is 38.3. The summed E-state index contributed by atoms with van der Waals surface area (Å²) in [5.41, 5.74) is 15.7. The molecule has 0 bridgehead atoms. The Morgan fingerprint density at radius 3 is 1.02 bits per heavy atom. The first-order valence-electron chi connectivity index (χ1n) is 21.5. The lowest BCUT2D eigenvalue weighted by Crippen LogP contribution is -2.01. The van der Waals surface area contributed by atoms with Crippen molar-refractivity contribution in [1.29, 1.82) is 0 Å². The third kappa shape index (κ3) is 7.88. The van der Waals surface area contributed by atoms with Gasteiger partial charge in [-0.15, -0.1) is 0 Å². The van der Waals surface area contributed by atoms with E-state index >= 15 is 0 Å². The van der Waals surface area contributed by atoms with E-state index in [0.717, 1.165) is 94.4 Å². The number of rotatable bonds is 9. The highest BCUT2D eigenvalue weighted by Gasteiger charge is 2.18. The summed E-state index contributed by atoms with van der Waals surface area (Å²) in [4.78, 5) is 20.9. The van der Waals surface area contributed by atoms with Crippen molar-refractivity contribution in [3.05, 3.63) is 243 Å². The van der Waals surface area contributed by atoms with Crippen molar-refractivity contribution in [3.8, 4) is 101 Å². The SMILES string of the molecule is c1ccc(-c2cc(-c3ccccc3)cc(-c3nc(-c4cccc(-c5cccc(-c6nccc7ccccc67)c5)c4)nc(-c4cc(-c5ccccc5)cc(-c5ccccc5)c4)n3)c2)cc1. The van der Waals surface area contributed by atoms with Crippen molar-refractivity contribution < 1.29 is 0 Å². The van der Waals surface area contributed by atoms with Gasteiger partial charge in [-0.25, -0.2) is 15.0 Å². The topological polar surface area (TPSA) is 51.6 Å². The van der Waals surface area contributed by atoms with Crippen LogP contribution in [0.4, 0.5) is 0 Å². The first-order chi connectivity index (χ1) is 31.7. The van der Waals surface area contributed by atoms with Crippen LogP contribution in [0.15, 0.2) is 243 Å². The van der Waals surface area contributed by atoms with Crippen molar-refractivity contribution in [2.75, 3.05) is 0 Å². The molecule has 0 fully saturated rings. The van der Waals surface area contributed by atoms with Gasteiger partial charge in [-0.3, -0.25) is 4.98 Å². The molecule has 300 valence electrons. The number of aromatic nitrogens is 4. The molecule has 0 radical (unpaired) electrons. The molecule has 11 rings (SSSR count). The van der Waals surface area contributed by atoms with Crippen LogP contribution >= 0.6 is 0 Å². The highest BCUT2D eigenvalue weighted by atomic mass is 15.0. The quantitative estimate of drug-likeness (QED) is 0.146. The van der Waals surface area contributed by atoms with Crippen molar-refractivity contribution in [2.45, 2.75) is 0 Å². The number of pyridine rings is 1. The summed E-state index contributed by atoms with van der Waals surface area (Å²) in [5, 5.41) is 2.29. The molecule has 9 aromatic carbocycles. The fraction of sp³-hybridized carbons (Fsp3) is 0. The lowest BCUT2D eigenvalue weighted by atomic mass is 9.95. The summed E-state index contributed by atoms with van der Waals surface area (Å²) < 4.78 is 0. The monoisotopic (exact) mass is 816 g/mol. The number of fused-ring (bicyclic) bond motifs is 1. The van der Waals surface area contributed by atoms with Crippen LogP contribution in [0.3, 0.4) is 0 Å². The Kier molecular flexibility index (Phi) is 10.2. The van der Waals surface area contributed by atoms with Crippen LogP contribution in [0.25, 0.3) is 112 Å². The summed E-state index contributed by atoms with van der Waals surface area (Å²) in [7, 11) is 0. The molecule has 2 heterocycles. The van der Waals surface area contributed by atoms with E-state index in [4.69, 9.17) is 19.9 Å². The van der Waals surface area contributed by atoms with Crippen molar-refractivity contribution in [1.82, 2.24) is 19.9 Å². The molecule has 0 aliphatic heterocycles. The largest absolute Gasteiger partial charge is 0.256 e.